The maximum atomic E-state index is 13.9. The van der Waals surface area contributed by atoms with E-state index in [1.807, 2.05) is 18.2 Å². The molecule has 2 heterocycles. The average molecular weight is 351 g/mol. The van der Waals surface area contributed by atoms with Crippen LogP contribution in [0.1, 0.15) is 31.7 Å². The minimum atomic E-state index is -0.267. The second-order valence-corrected chi connectivity index (χ2v) is 7.05. The molecule has 26 heavy (non-hydrogen) atoms. The van der Waals surface area contributed by atoms with Gasteiger partial charge in [-0.3, -0.25) is 9.69 Å². The summed E-state index contributed by atoms with van der Waals surface area (Å²) in [6.07, 6.45) is 3.57. The summed E-state index contributed by atoms with van der Waals surface area (Å²) in [5.41, 5.74) is 2.12. The molecule has 1 saturated heterocycles. The summed E-state index contributed by atoms with van der Waals surface area (Å²) in [7, 11) is 0. The summed E-state index contributed by atoms with van der Waals surface area (Å²) < 4.78 is 13.9. The Balaban J connectivity index is 1.78. The van der Waals surface area contributed by atoms with Gasteiger partial charge in [-0.2, -0.15) is 0 Å². The van der Waals surface area contributed by atoms with Crippen molar-refractivity contribution in [2.24, 2.45) is 0 Å². The standard InChI is InChI=1S/C21H22FN3O/c1-14-6-4-5-11-25(14)13-15-12-16(22)9-10-17(15)20-23-19-8-3-2-7-18(19)21(26)24-20/h2-3,7-10,12,14H,4-6,11,13H2,1H3,(H,23,24,26). The average Bonchev–Trinajstić information content (AvgIpc) is 2.64. The van der Waals surface area contributed by atoms with Gasteiger partial charge in [-0.05, 0) is 62.2 Å². The van der Waals surface area contributed by atoms with Gasteiger partial charge in [0, 0.05) is 18.2 Å². The van der Waals surface area contributed by atoms with Crippen LogP contribution < -0.4 is 5.56 Å². The van der Waals surface area contributed by atoms with Crippen molar-refractivity contribution in [1.29, 1.82) is 0 Å². The minimum Gasteiger partial charge on any atom is -0.306 e. The summed E-state index contributed by atoms with van der Waals surface area (Å²) in [6, 6.07) is 12.4. The summed E-state index contributed by atoms with van der Waals surface area (Å²) in [5, 5.41) is 0.560. The Morgan fingerprint density at radius 1 is 1.23 bits per heavy atom. The van der Waals surface area contributed by atoms with Crippen molar-refractivity contribution in [2.45, 2.75) is 38.8 Å². The van der Waals surface area contributed by atoms with Crippen LogP contribution in [0.2, 0.25) is 0 Å². The van der Waals surface area contributed by atoms with Crippen LogP contribution in [-0.4, -0.2) is 27.5 Å². The Morgan fingerprint density at radius 3 is 2.92 bits per heavy atom. The lowest BCUT2D eigenvalue weighted by Crippen LogP contribution is -2.36. The summed E-state index contributed by atoms with van der Waals surface area (Å²) in [5.74, 6) is 0.227. The number of hydrogen-bond acceptors (Lipinski definition) is 3. The van der Waals surface area contributed by atoms with E-state index in [9.17, 15) is 9.18 Å². The molecule has 1 aromatic heterocycles. The van der Waals surface area contributed by atoms with Crippen molar-refractivity contribution in [3.8, 4) is 11.4 Å². The number of aromatic amines is 1. The molecule has 4 rings (SSSR count). The van der Waals surface area contributed by atoms with E-state index in [-0.39, 0.29) is 11.4 Å². The number of H-pyrrole nitrogens is 1. The Morgan fingerprint density at radius 2 is 2.08 bits per heavy atom. The monoisotopic (exact) mass is 351 g/mol. The molecular weight excluding hydrogens is 329 g/mol. The molecule has 0 amide bonds. The molecule has 1 unspecified atom stereocenters. The highest BCUT2D eigenvalue weighted by Gasteiger charge is 2.20. The van der Waals surface area contributed by atoms with Crippen LogP contribution in [0.15, 0.2) is 47.3 Å². The lowest BCUT2D eigenvalue weighted by atomic mass is 10.0. The van der Waals surface area contributed by atoms with Crippen molar-refractivity contribution >= 4 is 10.9 Å². The third kappa shape index (κ3) is 3.27. The first kappa shape index (κ1) is 16.9. The highest BCUT2D eigenvalue weighted by Crippen LogP contribution is 2.26. The molecule has 0 aliphatic carbocycles. The molecule has 3 aromatic rings. The Bertz CT molecular complexity index is 998. The van der Waals surface area contributed by atoms with Crippen LogP contribution >= 0.6 is 0 Å². The third-order valence-corrected chi connectivity index (χ3v) is 5.25. The molecule has 134 valence electrons. The van der Waals surface area contributed by atoms with Gasteiger partial charge in [0.25, 0.3) is 5.56 Å². The second-order valence-electron chi connectivity index (χ2n) is 7.05. The van der Waals surface area contributed by atoms with E-state index in [1.165, 1.54) is 18.9 Å². The van der Waals surface area contributed by atoms with Gasteiger partial charge in [0.15, 0.2) is 0 Å². The number of fused-ring (bicyclic) bond motifs is 1. The number of rotatable bonds is 3. The van der Waals surface area contributed by atoms with Crippen molar-refractivity contribution in [3.63, 3.8) is 0 Å². The first-order chi connectivity index (χ1) is 12.6. The summed E-state index contributed by atoms with van der Waals surface area (Å²) in [4.78, 5) is 22.3. The number of nitrogens with one attached hydrogen (secondary N) is 1. The Labute approximate surface area is 151 Å². The molecule has 1 aliphatic rings. The van der Waals surface area contributed by atoms with Gasteiger partial charge < -0.3 is 4.98 Å². The smallest absolute Gasteiger partial charge is 0.259 e. The molecule has 4 nitrogen and oxygen atoms in total. The van der Waals surface area contributed by atoms with Gasteiger partial charge >= 0.3 is 0 Å². The van der Waals surface area contributed by atoms with Gasteiger partial charge in [-0.1, -0.05) is 18.6 Å². The first-order valence-electron chi connectivity index (χ1n) is 9.14. The number of para-hydroxylation sites is 1. The van der Waals surface area contributed by atoms with Crippen molar-refractivity contribution in [3.05, 3.63) is 64.2 Å². The summed E-state index contributed by atoms with van der Waals surface area (Å²) in [6.45, 7) is 3.89. The molecular formula is C21H22FN3O. The molecule has 1 fully saturated rings. The fourth-order valence-corrected chi connectivity index (χ4v) is 3.75. The van der Waals surface area contributed by atoms with Gasteiger partial charge in [0.2, 0.25) is 0 Å². The van der Waals surface area contributed by atoms with Crippen molar-refractivity contribution in [1.82, 2.24) is 14.9 Å². The van der Waals surface area contributed by atoms with E-state index < -0.39 is 0 Å². The molecule has 1 N–H and O–H groups in total. The zero-order valence-electron chi connectivity index (χ0n) is 14.8. The van der Waals surface area contributed by atoms with Gasteiger partial charge in [0.05, 0.1) is 10.9 Å². The fraction of sp³-hybridized carbons (Fsp3) is 0.333. The normalized spacial score (nSPS) is 18.3. The van der Waals surface area contributed by atoms with Gasteiger partial charge in [0.1, 0.15) is 11.6 Å². The SMILES string of the molecule is CC1CCCCN1Cc1cc(F)ccc1-c1nc2ccccc2c(=O)[nH]1. The molecule has 0 bridgehead atoms. The highest BCUT2D eigenvalue weighted by molar-refractivity contribution is 5.79. The Kier molecular flexibility index (Phi) is 4.55. The quantitative estimate of drug-likeness (QED) is 0.773. The van der Waals surface area contributed by atoms with E-state index in [0.29, 0.717) is 29.3 Å². The largest absolute Gasteiger partial charge is 0.306 e. The molecule has 0 saturated carbocycles. The van der Waals surface area contributed by atoms with E-state index in [0.717, 1.165) is 24.1 Å². The van der Waals surface area contributed by atoms with Crippen LogP contribution in [0.3, 0.4) is 0 Å². The number of benzene rings is 2. The second kappa shape index (κ2) is 7.00. The lowest BCUT2D eigenvalue weighted by molar-refractivity contribution is 0.152. The van der Waals surface area contributed by atoms with Gasteiger partial charge in [-0.25, -0.2) is 9.37 Å². The number of hydrogen-bond donors (Lipinski definition) is 1. The number of piperidine rings is 1. The predicted molar refractivity (Wildman–Crippen MR) is 101 cm³/mol. The number of aromatic nitrogens is 2. The van der Waals surface area contributed by atoms with Crippen molar-refractivity contribution < 1.29 is 4.39 Å². The number of halogens is 1. The van der Waals surface area contributed by atoms with E-state index >= 15 is 0 Å². The predicted octanol–water partition coefficient (Wildman–Crippen LogP) is 4.10. The van der Waals surface area contributed by atoms with Crippen LogP contribution in [0.4, 0.5) is 4.39 Å². The van der Waals surface area contributed by atoms with Gasteiger partial charge in [-0.15, -0.1) is 0 Å². The summed E-state index contributed by atoms with van der Waals surface area (Å²) >= 11 is 0. The third-order valence-electron chi connectivity index (χ3n) is 5.25. The van der Waals surface area contributed by atoms with Crippen LogP contribution in [0.5, 0.6) is 0 Å². The number of nitrogens with zero attached hydrogens (tertiary/aromatic N) is 2. The van der Waals surface area contributed by atoms with E-state index in [2.05, 4.69) is 21.8 Å². The molecule has 1 aliphatic heterocycles. The number of likely N-dealkylation sites (tertiary alicyclic amines) is 1. The topological polar surface area (TPSA) is 49.0 Å². The zero-order valence-corrected chi connectivity index (χ0v) is 14.8. The maximum Gasteiger partial charge on any atom is 0.259 e. The van der Waals surface area contributed by atoms with E-state index in [1.54, 1.807) is 18.2 Å². The van der Waals surface area contributed by atoms with Crippen molar-refractivity contribution in [2.75, 3.05) is 6.54 Å². The molecule has 5 heteroatoms. The molecule has 1 atom stereocenters. The fourth-order valence-electron chi connectivity index (χ4n) is 3.75. The minimum absolute atomic E-state index is 0.174. The zero-order chi connectivity index (χ0) is 18.1. The lowest BCUT2D eigenvalue weighted by Gasteiger charge is -2.33. The highest BCUT2D eigenvalue weighted by atomic mass is 19.1. The van der Waals surface area contributed by atoms with Crippen LogP contribution in [0.25, 0.3) is 22.3 Å². The van der Waals surface area contributed by atoms with E-state index in [4.69, 9.17) is 0 Å². The Hall–Kier alpha value is -2.53. The first-order valence-corrected chi connectivity index (χ1v) is 9.14. The molecule has 0 spiro atoms. The maximum absolute atomic E-state index is 13.9. The molecule has 0 radical (unpaired) electrons. The molecule has 2 aromatic carbocycles. The van der Waals surface area contributed by atoms with Crippen LogP contribution in [-0.2, 0) is 6.54 Å². The van der Waals surface area contributed by atoms with Crippen LogP contribution in [0, 0.1) is 5.82 Å².